The molecule has 0 amide bonds. The molecule has 0 bridgehead atoms. The van der Waals surface area contributed by atoms with Crippen molar-refractivity contribution in [2.24, 2.45) is 0 Å². The number of nitrogens with zero attached hydrogens (tertiary/aromatic N) is 3. The van der Waals surface area contributed by atoms with Crippen LogP contribution in [0.4, 0.5) is 0 Å². The maximum atomic E-state index is 10.7. The molecule has 1 fully saturated rings. The molecule has 0 atom stereocenters. The largest absolute Gasteiger partial charge is 0.480 e. The summed E-state index contributed by atoms with van der Waals surface area (Å²) < 4.78 is 1.84. The smallest absolute Gasteiger partial charge is 0.317 e. The van der Waals surface area contributed by atoms with Crippen LogP contribution >= 0.6 is 11.6 Å². The zero-order chi connectivity index (χ0) is 18.9. The first-order chi connectivity index (χ1) is 12.2. The third kappa shape index (κ3) is 4.26. The van der Waals surface area contributed by atoms with E-state index in [2.05, 4.69) is 26.1 Å². The zero-order valence-corrected chi connectivity index (χ0v) is 16.1. The molecule has 1 aromatic heterocycles. The van der Waals surface area contributed by atoms with Crippen molar-refractivity contribution >= 4 is 17.6 Å². The summed E-state index contributed by atoms with van der Waals surface area (Å²) in [6.45, 7) is 8.76. The summed E-state index contributed by atoms with van der Waals surface area (Å²) >= 11 is 6.32. The van der Waals surface area contributed by atoms with Gasteiger partial charge in [-0.15, -0.1) is 0 Å². The maximum absolute atomic E-state index is 10.7. The van der Waals surface area contributed by atoms with Crippen LogP contribution in [0, 0.1) is 0 Å². The molecule has 3 rings (SSSR count). The first-order valence-electron chi connectivity index (χ1n) is 8.75. The second-order valence-electron chi connectivity index (χ2n) is 7.81. The highest BCUT2D eigenvalue weighted by molar-refractivity contribution is 6.32. The summed E-state index contributed by atoms with van der Waals surface area (Å²) in [5.41, 5.74) is 2.95. The normalized spacial score (nSPS) is 15.8. The number of carboxylic acid groups (broad SMARTS) is 1. The SMILES string of the molecule is CC(C)(C)c1nn(-c2ccccc2Cl)cc1CNC1CN(CC(=O)O)C1. The quantitative estimate of drug-likeness (QED) is 0.811. The number of aromatic nitrogens is 2. The number of nitrogens with one attached hydrogen (secondary N) is 1. The highest BCUT2D eigenvalue weighted by Crippen LogP contribution is 2.27. The Morgan fingerprint density at radius 2 is 2.04 bits per heavy atom. The van der Waals surface area contributed by atoms with Gasteiger partial charge in [-0.25, -0.2) is 4.68 Å². The van der Waals surface area contributed by atoms with Crippen molar-refractivity contribution in [3.8, 4) is 5.69 Å². The lowest BCUT2D eigenvalue weighted by atomic mass is 9.89. The molecule has 140 valence electrons. The Kier molecular flexibility index (Phi) is 5.37. The predicted molar refractivity (Wildman–Crippen MR) is 102 cm³/mol. The lowest BCUT2D eigenvalue weighted by Gasteiger charge is -2.38. The molecule has 0 spiro atoms. The molecular weight excluding hydrogens is 352 g/mol. The molecule has 2 N–H and O–H groups in total. The zero-order valence-electron chi connectivity index (χ0n) is 15.4. The molecule has 26 heavy (non-hydrogen) atoms. The summed E-state index contributed by atoms with van der Waals surface area (Å²) in [6.07, 6.45) is 2.03. The van der Waals surface area contributed by atoms with Crippen molar-refractivity contribution in [2.45, 2.75) is 38.8 Å². The number of carbonyl (C=O) groups is 1. The van der Waals surface area contributed by atoms with E-state index in [1.54, 1.807) is 0 Å². The average Bonchev–Trinajstić information content (AvgIpc) is 2.93. The Bertz CT molecular complexity index is 791. The number of rotatable bonds is 6. The van der Waals surface area contributed by atoms with Crippen LogP contribution in [0.25, 0.3) is 5.69 Å². The van der Waals surface area contributed by atoms with Gasteiger partial charge >= 0.3 is 5.97 Å². The Hall–Kier alpha value is -1.89. The lowest BCUT2D eigenvalue weighted by Crippen LogP contribution is -2.58. The van der Waals surface area contributed by atoms with E-state index < -0.39 is 5.97 Å². The van der Waals surface area contributed by atoms with Crippen molar-refractivity contribution in [1.29, 1.82) is 0 Å². The van der Waals surface area contributed by atoms with Crippen molar-refractivity contribution in [3.05, 3.63) is 46.7 Å². The number of hydrogen-bond acceptors (Lipinski definition) is 4. The first kappa shape index (κ1) is 18.9. The topological polar surface area (TPSA) is 70.4 Å². The second-order valence-corrected chi connectivity index (χ2v) is 8.22. The fourth-order valence-electron chi connectivity index (χ4n) is 3.21. The minimum absolute atomic E-state index is 0.0848. The number of likely N-dealkylation sites (tertiary alicyclic amines) is 1. The minimum Gasteiger partial charge on any atom is -0.480 e. The Labute approximate surface area is 158 Å². The van der Waals surface area contributed by atoms with Crippen LogP contribution in [0.1, 0.15) is 32.0 Å². The first-order valence-corrected chi connectivity index (χ1v) is 9.13. The molecule has 2 heterocycles. The molecule has 0 unspecified atom stereocenters. The van der Waals surface area contributed by atoms with Crippen molar-refractivity contribution in [2.75, 3.05) is 19.6 Å². The Morgan fingerprint density at radius 1 is 1.35 bits per heavy atom. The Balaban J connectivity index is 1.72. The molecule has 0 radical (unpaired) electrons. The maximum Gasteiger partial charge on any atom is 0.317 e. The standard InChI is InChI=1S/C19H25ClN4O2/c1-19(2,3)18-13(8-21-14-10-23(11-14)12-17(25)26)9-24(22-18)16-7-5-4-6-15(16)20/h4-7,9,14,21H,8,10-12H2,1-3H3,(H,25,26). The highest BCUT2D eigenvalue weighted by Gasteiger charge is 2.29. The van der Waals surface area contributed by atoms with E-state index in [0.29, 0.717) is 17.6 Å². The molecule has 0 saturated carbocycles. The summed E-state index contributed by atoms with van der Waals surface area (Å²) in [6, 6.07) is 7.98. The summed E-state index contributed by atoms with van der Waals surface area (Å²) in [5, 5.41) is 17.8. The predicted octanol–water partition coefficient (Wildman–Crippen LogP) is 2.68. The van der Waals surface area contributed by atoms with Gasteiger partial charge in [0.05, 0.1) is 22.9 Å². The van der Waals surface area contributed by atoms with Crippen LogP contribution in [0.5, 0.6) is 0 Å². The molecule has 1 aliphatic rings. The monoisotopic (exact) mass is 376 g/mol. The van der Waals surface area contributed by atoms with Gasteiger partial charge in [0.15, 0.2) is 0 Å². The fraction of sp³-hybridized carbons (Fsp3) is 0.474. The van der Waals surface area contributed by atoms with E-state index in [4.69, 9.17) is 21.8 Å². The fourth-order valence-corrected chi connectivity index (χ4v) is 3.43. The van der Waals surface area contributed by atoms with E-state index in [9.17, 15) is 4.79 Å². The number of halogens is 1. The van der Waals surface area contributed by atoms with Gasteiger partial charge in [-0.1, -0.05) is 44.5 Å². The number of hydrogen-bond donors (Lipinski definition) is 2. The van der Waals surface area contributed by atoms with E-state index in [1.165, 1.54) is 0 Å². The third-order valence-electron chi connectivity index (χ3n) is 4.50. The molecule has 0 aliphatic carbocycles. The van der Waals surface area contributed by atoms with Crippen LogP contribution in [0.2, 0.25) is 5.02 Å². The van der Waals surface area contributed by atoms with Gasteiger partial charge in [-0.05, 0) is 12.1 Å². The van der Waals surface area contributed by atoms with Gasteiger partial charge in [-0.3, -0.25) is 9.69 Å². The highest BCUT2D eigenvalue weighted by atomic mass is 35.5. The summed E-state index contributed by atoms with van der Waals surface area (Å²) in [5.74, 6) is -0.778. The van der Waals surface area contributed by atoms with Crippen LogP contribution in [-0.4, -0.2) is 51.4 Å². The van der Waals surface area contributed by atoms with E-state index in [-0.39, 0.29) is 12.0 Å². The Morgan fingerprint density at radius 3 is 2.65 bits per heavy atom. The minimum atomic E-state index is -0.778. The summed E-state index contributed by atoms with van der Waals surface area (Å²) in [7, 11) is 0. The van der Waals surface area contributed by atoms with Gasteiger partial charge in [0.1, 0.15) is 0 Å². The van der Waals surface area contributed by atoms with Gasteiger partial charge in [0.25, 0.3) is 0 Å². The molecule has 6 nitrogen and oxygen atoms in total. The van der Waals surface area contributed by atoms with Crippen LogP contribution in [0.3, 0.4) is 0 Å². The second kappa shape index (κ2) is 7.39. The number of benzene rings is 1. The van der Waals surface area contributed by atoms with E-state index in [0.717, 1.165) is 30.0 Å². The number of carboxylic acids is 1. The van der Waals surface area contributed by atoms with Gasteiger partial charge in [-0.2, -0.15) is 5.10 Å². The molecule has 1 saturated heterocycles. The number of aliphatic carboxylic acids is 1. The van der Waals surface area contributed by atoms with Crippen LogP contribution in [-0.2, 0) is 16.8 Å². The molecule has 1 aliphatic heterocycles. The van der Waals surface area contributed by atoms with Gasteiger partial charge < -0.3 is 10.4 Å². The van der Waals surface area contributed by atoms with Crippen LogP contribution < -0.4 is 5.32 Å². The van der Waals surface area contributed by atoms with E-state index >= 15 is 0 Å². The average molecular weight is 377 g/mol. The van der Waals surface area contributed by atoms with Crippen molar-refractivity contribution in [3.63, 3.8) is 0 Å². The van der Waals surface area contributed by atoms with E-state index in [1.807, 2.05) is 40.0 Å². The third-order valence-corrected chi connectivity index (χ3v) is 4.82. The van der Waals surface area contributed by atoms with Gasteiger partial charge in [0.2, 0.25) is 0 Å². The molecular formula is C19H25ClN4O2. The molecule has 7 heteroatoms. The summed E-state index contributed by atoms with van der Waals surface area (Å²) in [4.78, 5) is 12.6. The van der Waals surface area contributed by atoms with Crippen LogP contribution in [0.15, 0.2) is 30.5 Å². The van der Waals surface area contributed by atoms with Gasteiger partial charge in [0, 0.05) is 42.9 Å². The number of para-hydroxylation sites is 1. The molecule has 1 aromatic carbocycles. The van der Waals surface area contributed by atoms with Crippen molar-refractivity contribution in [1.82, 2.24) is 20.0 Å². The molecule has 2 aromatic rings. The van der Waals surface area contributed by atoms with Crippen molar-refractivity contribution < 1.29 is 9.90 Å². The lowest BCUT2D eigenvalue weighted by molar-refractivity contribution is -0.139.